The first-order valence-electron chi connectivity index (χ1n) is 7.57. The lowest BCUT2D eigenvalue weighted by Gasteiger charge is -2.31. The second kappa shape index (κ2) is 6.39. The van der Waals surface area contributed by atoms with Gasteiger partial charge < -0.3 is 11.1 Å². The zero-order chi connectivity index (χ0) is 14.7. The molecular formula is C15H26N4O. The van der Waals surface area contributed by atoms with Crippen LogP contribution in [0.25, 0.3) is 0 Å². The van der Waals surface area contributed by atoms with Crippen molar-refractivity contribution < 1.29 is 4.79 Å². The Morgan fingerprint density at radius 2 is 2.20 bits per heavy atom. The van der Waals surface area contributed by atoms with E-state index >= 15 is 0 Å². The largest absolute Gasteiger partial charge is 0.348 e. The van der Waals surface area contributed by atoms with E-state index in [1.165, 1.54) is 12.8 Å². The molecule has 0 radical (unpaired) electrons. The van der Waals surface area contributed by atoms with Crippen molar-refractivity contribution in [2.75, 3.05) is 6.54 Å². The van der Waals surface area contributed by atoms with Gasteiger partial charge in [-0.3, -0.25) is 9.48 Å². The molecule has 0 spiro atoms. The first-order valence-corrected chi connectivity index (χ1v) is 7.57. The van der Waals surface area contributed by atoms with Crippen LogP contribution >= 0.6 is 0 Å². The summed E-state index contributed by atoms with van der Waals surface area (Å²) in [4.78, 5) is 12.3. The summed E-state index contributed by atoms with van der Waals surface area (Å²) in [5.74, 6) is 0.694. The van der Waals surface area contributed by atoms with Gasteiger partial charge in [-0.15, -0.1) is 0 Å². The molecule has 2 atom stereocenters. The Morgan fingerprint density at radius 1 is 1.50 bits per heavy atom. The fourth-order valence-corrected chi connectivity index (χ4v) is 3.06. The highest BCUT2D eigenvalue weighted by atomic mass is 16.2. The Hall–Kier alpha value is -1.36. The van der Waals surface area contributed by atoms with E-state index in [-0.39, 0.29) is 11.9 Å². The van der Waals surface area contributed by atoms with Crippen LogP contribution in [-0.4, -0.2) is 28.3 Å². The van der Waals surface area contributed by atoms with Gasteiger partial charge in [-0.2, -0.15) is 5.10 Å². The zero-order valence-electron chi connectivity index (χ0n) is 12.7. The minimum atomic E-state index is -0.0714. The summed E-state index contributed by atoms with van der Waals surface area (Å²) in [5.41, 5.74) is 7.39. The number of nitrogens with one attached hydrogen (secondary N) is 1. The van der Waals surface area contributed by atoms with E-state index in [0.717, 1.165) is 18.5 Å². The molecule has 0 saturated heterocycles. The molecule has 0 aliphatic heterocycles. The molecule has 5 heteroatoms. The minimum absolute atomic E-state index is 0.0714. The monoisotopic (exact) mass is 278 g/mol. The molecule has 0 bridgehead atoms. The minimum Gasteiger partial charge on any atom is -0.348 e. The van der Waals surface area contributed by atoms with E-state index < -0.39 is 0 Å². The van der Waals surface area contributed by atoms with Gasteiger partial charge in [0.15, 0.2) is 0 Å². The van der Waals surface area contributed by atoms with Gasteiger partial charge in [-0.25, -0.2) is 0 Å². The number of carbonyl (C=O) groups is 1. The third-order valence-electron chi connectivity index (χ3n) is 4.27. The molecule has 2 rings (SSSR count). The predicted octanol–water partition coefficient (Wildman–Crippen LogP) is 1.79. The molecule has 1 aliphatic rings. The maximum atomic E-state index is 12.3. The van der Waals surface area contributed by atoms with Gasteiger partial charge in [0.1, 0.15) is 5.69 Å². The van der Waals surface area contributed by atoms with Crippen LogP contribution in [0, 0.1) is 5.92 Å². The zero-order valence-corrected chi connectivity index (χ0v) is 12.7. The summed E-state index contributed by atoms with van der Waals surface area (Å²) in [6, 6.07) is 2.09. The third kappa shape index (κ3) is 3.20. The van der Waals surface area contributed by atoms with Crippen molar-refractivity contribution >= 4 is 5.91 Å². The van der Waals surface area contributed by atoms with Crippen molar-refractivity contribution in [3.63, 3.8) is 0 Å². The summed E-state index contributed by atoms with van der Waals surface area (Å²) in [6.07, 6.45) is 4.52. The molecule has 1 fully saturated rings. The summed E-state index contributed by atoms with van der Waals surface area (Å²) in [6.45, 7) is 4.85. The lowest BCUT2D eigenvalue weighted by atomic mass is 9.84. The maximum absolute atomic E-state index is 12.3. The van der Waals surface area contributed by atoms with Crippen molar-refractivity contribution in [2.24, 2.45) is 18.7 Å². The van der Waals surface area contributed by atoms with Crippen molar-refractivity contribution in [3.8, 4) is 0 Å². The molecule has 20 heavy (non-hydrogen) atoms. The van der Waals surface area contributed by atoms with Crippen molar-refractivity contribution in [1.82, 2.24) is 15.1 Å². The summed E-state index contributed by atoms with van der Waals surface area (Å²) in [7, 11) is 1.88. The van der Waals surface area contributed by atoms with E-state index in [4.69, 9.17) is 5.73 Å². The fourth-order valence-electron chi connectivity index (χ4n) is 3.06. The van der Waals surface area contributed by atoms with Crippen LogP contribution in [0.5, 0.6) is 0 Å². The Bertz CT molecular complexity index is 466. The average molecular weight is 278 g/mol. The van der Waals surface area contributed by atoms with Crippen LogP contribution in [-0.2, 0) is 7.05 Å². The molecule has 1 amide bonds. The van der Waals surface area contributed by atoms with Crippen LogP contribution in [0.1, 0.15) is 61.6 Å². The highest BCUT2D eigenvalue weighted by molar-refractivity contribution is 5.92. The van der Waals surface area contributed by atoms with Crippen LogP contribution in [0.3, 0.4) is 0 Å². The van der Waals surface area contributed by atoms with Crippen LogP contribution in [0.15, 0.2) is 6.07 Å². The molecule has 1 aliphatic carbocycles. The van der Waals surface area contributed by atoms with Crippen molar-refractivity contribution in [2.45, 2.75) is 51.5 Å². The van der Waals surface area contributed by atoms with Gasteiger partial charge in [0.2, 0.25) is 0 Å². The number of nitrogens with zero attached hydrogens (tertiary/aromatic N) is 2. The van der Waals surface area contributed by atoms with Gasteiger partial charge in [-0.05, 0) is 37.3 Å². The smallest absolute Gasteiger partial charge is 0.272 e. The number of carbonyl (C=O) groups excluding carboxylic acids is 1. The number of aromatic nitrogens is 2. The van der Waals surface area contributed by atoms with Gasteiger partial charge in [-0.1, -0.05) is 26.7 Å². The van der Waals surface area contributed by atoms with Gasteiger partial charge >= 0.3 is 0 Å². The molecule has 3 N–H and O–H groups in total. The van der Waals surface area contributed by atoms with E-state index in [2.05, 4.69) is 24.3 Å². The summed E-state index contributed by atoms with van der Waals surface area (Å²) >= 11 is 0. The quantitative estimate of drug-likeness (QED) is 0.882. The number of amides is 1. The molecule has 112 valence electrons. The SMILES string of the molecule is CC(C)c1cc(C(=O)NC2CCCCC2CN)nn1C. The Balaban J connectivity index is 2.05. The van der Waals surface area contributed by atoms with E-state index in [1.54, 1.807) is 4.68 Å². The van der Waals surface area contributed by atoms with Crippen molar-refractivity contribution in [1.29, 1.82) is 0 Å². The highest BCUT2D eigenvalue weighted by Gasteiger charge is 2.26. The number of nitrogens with two attached hydrogens (primary N) is 1. The van der Waals surface area contributed by atoms with E-state index in [0.29, 0.717) is 24.1 Å². The lowest BCUT2D eigenvalue weighted by Crippen LogP contribution is -2.44. The lowest BCUT2D eigenvalue weighted by molar-refractivity contribution is 0.0902. The molecule has 1 saturated carbocycles. The topological polar surface area (TPSA) is 72.9 Å². The van der Waals surface area contributed by atoms with Crippen molar-refractivity contribution in [3.05, 3.63) is 17.5 Å². The fraction of sp³-hybridized carbons (Fsp3) is 0.733. The van der Waals surface area contributed by atoms with Crippen LogP contribution in [0.4, 0.5) is 0 Å². The second-order valence-corrected chi connectivity index (χ2v) is 6.09. The molecule has 0 aromatic carbocycles. The first kappa shape index (κ1) is 15.0. The summed E-state index contributed by atoms with van der Waals surface area (Å²) in [5, 5.41) is 7.44. The molecule has 1 heterocycles. The van der Waals surface area contributed by atoms with Gasteiger partial charge in [0.25, 0.3) is 5.91 Å². The number of hydrogen-bond donors (Lipinski definition) is 2. The van der Waals surface area contributed by atoms with E-state index in [1.807, 2.05) is 13.1 Å². The molecule has 1 aromatic heterocycles. The normalized spacial score (nSPS) is 23.1. The van der Waals surface area contributed by atoms with E-state index in [9.17, 15) is 4.79 Å². The number of aryl methyl sites for hydroxylation is 1. The second-order valence-electron chi connectivity index (χ2n) is 6.09. The predicted molar refractivity (Wildman–Crippen MR) is 79.6 cm³/mol. The van der Waals surface area contributed by atoms with Crippen LogP contribution < -0.4 is 11.1 Å². The average Bonchev–Trinajstić information content (AvgIpc) is 2.81. The van der Waals surface area contributed by atoms with Gasteiger partial charge in [0, 0.05) is 18.8 Å². The summed E-state index contributed by atoms with van der Waals surface area (Å²) < 4.78 is 1.79. The number of hydrogen-bond acceptors (Lipinski definition) is 3. The van der Waals surface area contributed by atoms with Crippen LogP contribution in [0.2, 0.25) is 0 Å². The Kier molecular flexibility index (Phi) is 4.81. The highest BCUT2D eigenvalue weighted by Crippen LogP contribution is 2.24. The first-order chi connectivity index (χ1) is 9.52. The molecule has 1 aromatic rings. The standard InChI is InChI=1S/C15H26N4O/c1-10(2)14-8-13(18-19(14)3)15(20)17-12-7-5-4-6-11(12)9-16/h8,10-12H,4-7,9,16H2,1-3H3,(H,17,20). The number of rotatable bonds is 4. The molecule has 2 unspecified atom stereocenters. The maximum Gasteiger partial charge on any atom is 0.272 e. The van der Waals surface area contributed by atoms with Gasteiger partial charge in [0.05, 0.1) is 0 Å². The molecule has 5 nitrogen and oxygen atoms in total. The Labute approximate surface area is 120 Å². The Morgan fingerprint density at radius 3 is 2.80 bits per heavy atom. The third-order valence-corrected chi connectivity index (χ3v) is 4.27. The molecular weight excluding hydrogens is 252 g/mol.